The molecule has 0 radical (unpaired) electrons. The Hall–Kier alpha value is -4.17. The summed E-state index contributed by atoms with van der Waals surface area (Å²) in [5, 5.41) is 9.44. The van der Waals surface area contributed by atoms with Gasteiger partial charge >= 0.3 is 0 Å². The number of hydrogen-bond donors (Lipinski definition) is 0. The van der Waals surface area contributed by atoms with Crippen LogP contribution < -0.4 is 0 Å². The van der Waals surface area contributed by atoms with Gasteiger partial charge in [-0.3, -0.25) is 9.59 Å². The molecule has 0 N–H and O–H groups in total. The average molecular weight is 436 g/mol. The van der Waals surface area contributed by atoms with Crippen LogP contribution in [-0.4, -0.2) is 41.2 Å². The van der Waals surface area contributed by atoms with Gasteiger partial charge in [0.25, 0.3) is 11.8 Å². The number of nitrogens with zero attached hydrogens (tertiary/aromatic N) is 3. The van der Waals surface area contributed by atoms with Crippen LogP contribution in [0, 0.1) is 11.3 Å². The highest BCUT2D eigenvalue weighted by molar-refractivity contribution is 6.09. The molecule has 33 heavy (non-hydrogen) atoms. The number of benzene rings is 3. The quantitative estimate of drug-likeness (QED) is 0.568. The van der Waals surface area contributed by atoms with Crippen LogP contribution in [0.4, 0.5) is 0 Å². The molecule has 1 heterocycles. The molecule has 5 heteroatoms. The predicted octanol–water partition coefficient (Wildman–Crippen LogP) is 4.05. The number of piperazine rings is 1. The van der Waals surface area contributed by atoms with Gasteiger partial charge < -0.3 is 9.80 Å². The van der Waals surface area contributed by atoms with Crippen molar-refractivity contribution >= 4 is 17.9 Å². The largest absolute Gasteiger partial charge is 0.325 e. The zero-order valence-electron chi connectivity index (χ0n) is 18.7. The lowest BCUT2D eigenvalue weighted by Gasteiger charge is -2.48. The topological polar surface area (TPSA) is 64.4 Å². The molecule has 1 aliphatic rings. The fraction of sp³-hybridized carbons (Fsp3) is 0.179. The third-order valence-corrected chi connectivity index (χ3v) is 6.28. The standard InChI is InChI=1S/C28H25N3O2/c1-30-25(17-23-15-9-10-16-24(23)20-29)26(32)31(2)28(27(30)33,18-21-11-5-3-6-12-21)19-22-13-7-4-8-14-22/h3-17H,18-19H2,1-2H3/b25-17-. The Balaban J connectivity index is 1.80. The summed E-state index contributed by atoms with van der Waals surface area (Å²) in [5.74, 6) is -0.408. The Morgan fingerprint density at radius 3 is 1.88 bits per heavy atom. The van der Waals surface area contributed by atoms with Crippen LogP contribution >= 0.6 is 0 Å². The lowest BCUT2D eigenvalue weighted by atomic mass is 9.80. The molecule has 1 aliphatic heterocycles. The molecule has 5 nitrogen and oxygen atoms in total. The van der Waals surface area contributed by atoms with E-state index in [0.717, 1.165) is 11.1 Å². The number of rotatable bonds is 5. The summed E-state index contributed by atoms with van der Waals surface area (Å²) in [5.41, 5.74) is 2.21. The summed E-state index contributed by atoms with van der Waals surface area (Å²) in [6.07, 6.45) is 2.43. The molecule has 2 amide bonds. The molecule has 4 rings (SSSR count). The number of carbonyl (C=O) groups is 2. The average Bonchev–Trinajstić information content (AvgIpc) is 2.86. The Labute approximate surface area is 194 Å². The highest BCUT2D eigenvalue weighted by Gasteiger charge is 2.52. The van der Waals surface area contributed by atoms with E-state index in [4.69, 9.17) is 0 Å². The fourth-order valence-electron chi connectivity index (χ4n) is 4.42. The van der Waals surface area contributed by atoms with Gasteiger partial charge in [-0.05, 0) is 28.8 Å². The normalized spacial score (nSPS) is 16.7. The maximum absolute atomic E-state index is 14.0. The van der Waals surface area contributed by atoms with Crippen LogP contribution in [0.5, 0.6) is 0 Å². The zero-order valence-corrected chi connectivity index (χ0v) is 18.7. The minimum Gasteiger partial charge on any atom is -0.325 e. The summed E-state index contributed by atoms with van der Waals surface area (Å²) >= 11 is 0. The van der Waals surface area contributed by atoms with E-state index >= 15 is 0 Å². The molecule has 1 saturated heterocycles. The first-order chi connectivity index (χ1) is 16.0. The summed E-state index contributed by atoms with van der Waals surface area (Å²) < 4.78 is 0. The Morgan fingerprint density at radius 1 is 0.818 bits per heavy atom. The minimum atomic E-state index is -1.07. The van der Waals surface area contributed by atoms with E-state index in [2.05, 4.69) is 6.07 Å². The monoisotopic (exact) mass is 435 g/mol. The van der Waals surface area contributed by atoms with Gasteiger partial charge in [0.05, 0.1) is 11.6 Å². The van der Waals surface area contributed by atoms with Crippen LogP contribution in [0.3, 0.4) is 0 Å². The molecule has 3 aromatic rings. The van der Waals surface area contributed by atoms with Crippen molar-refractivity contribution in [2.75, 3.05) is 14.1 Å². The van der Waals surface area contributed by atoms with Crippen LogP contribution in [0.2, 0.25) is 0 Å². The molecule has 0 bridgehead atoms. The molecule has 1 fully saturated rings. The number of amides is 2. The van der Waals surface area contributed by atoms with Gasteiger partial charge in [0.15, 0.2) is 0 Å². The second kappa shape index (κ2) is 9.13. The van der Waals surface area contributed by atoms with Crippen LogP contribution in [0.15, 0.2) is 90.6 Å². The molecule has 0 saturated carbocycles. The Morgan fingerprint density at radius 2 is 1.33 bits per heavy atom. The zero-order chi connectivity index (χ0) is 23.4. The molecule has 0 aliphatic carbocycles. The summed E-state index contributed by atoms with van der Waals surface area (Å²) in [6, 6.07) is 28.7. The maximum atomic E-state index is 14.0. The maximum Gasteiger partial charge on any atom is 0.271 e. The van der Waals surface area contributed by atoms with Crippen molar-refractivity contribution in [1.29, 1.82) is 5.26 Å². The second-order valence-corrected chi connectivity index (χ2v) is 8.31. The summed E-state index contributed by atoms with van der Waals surface area (Å²) in [4.78, 5) is 30.7. The van der Waals surface area contributed by atoms with E-state index < -0.39 is 5.54 Å². The van der Waals surface area contributed by atoms with E-state index in [-0.39, 0.29) is 17.5 Å². The molecule has 164 valence electrons. The third kappa shape index (κ3) is 4.16. The van der Waals surface area contributed by atoms with Crippen LogP contribution in [0.1, 0.15) is 22.3 Å². The van der Waals surface area contributed by atoms with Gasteiger partial charge in [-0.25, -0.2) is 0 Å². The van der Waals surface area contributed by atoms with Gasteiger partial charge in [-0.2, -0.15) is 5.26 Å². The van der Waals surface area contributed by atoms with Crippen LogP contribution in [0.25, 0.3) is 6.08 Å². The Kier molecular flexibility index (Phi) is 6.10. The van der Waals surface area contributed by atoms with Crippen molar-refractivity contribution < 1.29 is 9.59 Å². The van der Waals surface area contributed by atoms with Crippen molar-refractivity contribution in [1.82, 2.24) is 9.80 Å². The van der Waals surface area contributed by atoms with Crippen LogP contribution in [-0.2, 0) is 22.4 Å². The smallest absolute Gasteiger partial charge is 0.271 e. The molecule has 0 aromatic heterocycles. The van der Waals surface area contributed by atoms with Gasteiger partial charge in [0, 0.05) is 26.9 Å². The number of nitriles is 1. The van der Waals surface area contributed by atoms with Crippen molar-refractivity contribution in [3.8, 4) is 6.07 Å². The van der Waals surface area contributed by atoms with Crippen molar-refractivity contribution in [2.45, 2.75) is 18.4 Å². The van der Waals surface area contributed by atoms with Crippen molar-refractivity contribution in [3.63, 3.8) is 0 Å². The van der Waals surface area contributed by atoms with Crippen molar-refractivity contribution in [2.24, 2.45) is 0 Å². The second-order valence-electron chi connectivity index (χ2n) is 8.31. The Bertz CT molecular complexity index is 1200. The van der Waals surface area contributed by atoms with Gasteiger partial charge in [-0.15, -0.1) is 0 Å². The fourth-order valence-corrected chi connectivity index (χ4v) is 4.42. The van der Waals surface area contributed by atoms with Gasteiger partial charge in [-0.1, -0.05) is 78.9 Å². The third-order valence-electron chi connectivity index (χ3n) is 6.28. The summed E-state index contributed by atoms with van der Waals surface area (Å²) in [6.45, 7) is 0. The molecule has 3 aromatic carbocycles. The number of likely N-dealkylation sites (N-methyl/N-ethyl adjacent to an activating group) is 2. The van der Waals surface area contributed by atoms with E-state index in [1.807, 2.05) is 60.7 Å². The first-order valence-corrected chi connectivity index (χ1v) is 10.8. The van der Waals surface area contributed by atoms with Crippen molar-refractivity contribution in [3.05, 3.63) is 113 Å². The highest BCUT2D eigenvalue weighted by atomic mass is 16.2. The van der Waals surface area contributed by atoms with E-state index in [1.165, 1.54) is 4.90 Å². The van der Waals surface area contributed by atoms with E-state index in [1.54, 1.807) is 49.3 Å². The first-order valence-electron chi connectivity index (χ1n) is 10.8. The lowest BCUT2D eigenvalue weighted by molar-refractivity contribution is -0.156. The molecular weight excluding hydrogens is 410 g/mol. The van der Waals surface area contributed by atoms with E-state index in [9.17, 15) is 14.9 Å². The lowest BCUT2D eigenvalue weighted by Crippen LogP contribution is -2.67. The first kappa shape index (κ1) is 22.0. The summed E-state index contributed by atoms with van der Waals surface area (Å²) in [7, 11) is 3.34. The molecule has 0 atom stereocenters. The minimum absolute atomic E-state index is 0.155. The number of hydrogen-bond acceptors (Lipinski definition) is 3. The van der Waals surface area contributed by atoms with E-state index in [0.29, 0.717) is 24.0 Å². The molecule has 0 unspecified atom stereocenters. The van der Waals surface area contributed by atoms with Gasteiger partial charge in [0.2, 0.25) is 0 Å². The molecule has 0 spiro atoms. The number of carbonyl (C=O) groups excluding carboxylic acids is 2. The van der Waals surface area contributed by atoms with Gasteiger partial charge in [0.1, 0.15) is 11.2 Å². The highest BCUT2D eigenvalue weighted by Crippen LogP contribution is 2.34. The SMILES string of the molecule is CN1C(=O)C(Cc2ccccc2)(Cc2ccccc2)N(C)C(=O)/C1=C/c1ccccc1C#N. The predicted molar refractivity (Wildman–Crippen MR) is 128 cm³/mol. The molecular formula is C28H25N3O2.